The number of carbonyl (C=O) groups excluding carboxylic acids is 1. The smallest absolute Gasteiger partial charge is 0.238 e. The van der Waals surface area contributed by atoms with E-state index in [-0.39, 0.29) is 18.1 Å². The van der Waals surface area contributed by atoms with Gasteiger partial charge in [0.05, 0.1) is 6.54 Å². The summed E-state index contributed by atoms with van der Waals surface area (Å²) in [6.07, 6.45) is 2.35. The first kappa shape index (κ1) is 14.4. The number of halogens is 2. The van der Waals surface area contributed by atoms with Crippen LogP contribution in [0.2, 0.25) is 0 Å². The number of fused-ring (bicyclic) bond motifs is 1. The third-order valence-corrected chi connectivity index (χ3v) is 4.27. The predicted octanol–water partition coefficient (Wildman–Crippen LogP) is 1.59. The second-order valence-electron chi connectivity index (χ2n) is 5.80. The fraction of sp³-hybridized carbons (Fsp3) is 0.533. The average molecular weight is 295 g/mol. The van der Waals surface area contributed by atoms with Crippen molar-refractivity contribution in [3.05, 3.63) is 29.8 Å². The zero-order valence-electron chi connectivity index (χ0n) is 11.7. The molecule has 2 unspecified atom stereocenters. The fourth-order valence-electron chi connectivity index (χ4n) is 3.26. The van der Waals surface area contributed by atoms with E-state index in [0.29, 0.717) is 12.0 Å². The van der Waals surface area contributed by atoms with Crippen molar-refractivity contribution in [2.45, 2.75) is 18.9 Å². The summed E-state index contributed by atoms with van der Waals surface area (Å²) in [5.41, 5.74) is -0.364. The molecule has 1 aromatic rings. The normalized spacial score (nSPS) is 25.6. The van der Waals surface area contributed by atoms with Crippen molar-refractivity contribution < 1.29 is 13.6 Å². The summed E-state index contributed by atoms with van der Waals surface area (Å²) < 4.78 is 27.0. The molecule has 0 bridgehead atoms. The summed E-state index contributed by atoms with van der Waals surface area (Å²) in [5, 5.41) is 5.79. The van der Waals surface area contributed by atoms with Crippen LogP contribution in [0, 0.1) is 17.6 Å². The van der Waals surface area contributed by atoms with Gasteiger partial charge in [-0.05, 0) is 37.4 Å². The van der Waals surface area contributed by atoms with Gasteiger partial charge in [-0.3, -0.25) is 9.69 Å². The molecule has 0 saturated carbocycles. The maximum Gasteiger partial charge on any atom is 0.238 e. The van der Waals surface area contributed by atoms with Crippen LogP contribution in [0.1, 0.15) is 12.8 Å². The standard InChI is InChI=1S/C15H19F2N3O/c16-11-4-1-5-12(17)15(11)19-14(21)9-20-7-10-3-2-6-18-13(10)8-20/h1,4-5,10,13,18H,2-3,6-9H2,(H,19,21). The number of piperidine rings is 1. The number of benzene rings is 1. The molecule has 2 N–H and O–H groups in total. The summed E-state index contributed by atoms with van der Waals surface area (Å²) >= 11 is 0. The van der Waals surface area contributed by atoms with Crippen LogP contribution in [0.5, 0.6) is 0 Å². The summed E-state index contributed by atoms with van der Waals surface area (Å²) in [6, 6.07) is 3.98. The molecule has 0 radical (unpaired) electrons. The number of para-hydroxylation sites is 1. The number of nitrogens with zero attached hydrogens (tertiary/aromatic N) is 1. The first-order valence-corrected chi connectivity index (χ1v) is 7.33. The molecule has 0 aromatic heterocycles. The van der Waals surface area contributed by atoms with Crippen molar-refractivity contribution >= 4 is 11.6 Å². The highest BCUT2D eigenvalue weighted by Gasteiger charge is 2.34. The van der Waals surface area contributed by atoms with Crippen molar-refractivity contribution in [3.63, 3.8) is 0 Å². The zero-order chi connectivity index (χ0) is 14.8. The van der Waals surface area contributed by atoms with Gasteiger partial charge in [0, 0.05) is 19.1 Å². The van der Waals surface area contributed by atoms with Crippen LogP contribution in [0.15, 0.2) is 18.2 Å². The Kier molecular flexibility index (Phi) is 4.17. The van der Waals surface area contributed by atoms with Gasteiger partial charge in [0.2, 0.25) is 5.91 Å². The van der Waals surface area contributed by atoms with Crippen LogP contribution >= 0.6 is 0 Å². The number of hydrogen-bond acceptors (Lipinski definition) is 3. The van der Waals surface area contributed by atoms with E-state index in [1.807, 2.05) is 4.90 Å². The summed E-state index contributed by atoms with van der Waals surface area (Å²) in [6.45, 7) is 2.88. The van der Waals surface area contributed by atoms with Crippen LogP contribution in [0.25, 0.3) is 0 Å². The first-order chi connectivity index (χ1) is 10.1. The highest BCUT2D eigenvalue weighted by Crippen LogP contribution is 2.25. The number of amides is 1. The molecule has 2 fully saturated rings. The minimum absolute atomic E-state index is 0.169. The van der Waals surface area contributed by atoms with Crippen LogP contribution in [-0.2, 0) is 4.79 Å². The molecule has 4 nitrogen and oxygen atoms in total. The maximum absolute atomic E-state index is 13.5. The topological polar surface area (TPSA) is 44.4 Å². The van der Waals surface area contributed by atoms with E-state index in [2.05, 4.69) is 10.6 Å². The highest BCUT2D eigenvalue weighted by atomic mass is 19.1. The van der Waals surface area contributed by atoms with E-state index in [1.165, 1.54) is 18.9 Å². The Morgan fingerprint density at radius 2 is 2.10 bits per heavy atom. The Morgan fingerprint density at radius 3 is 2.81 bits per heavy atom. The SMILES string of the molecule is O=C(CN1CC2CCCNC2C1)Nc1c(F)cccc1F. The second-order valence-corrected chi connectivity index (χ2v) is 5.80. The fourth-order valence-corrected chi connectivity index (χ4v) is 3.26. The molecule has 0 aliphatic carbocycles. The third kappa shape index (κ3) is 3.22. The van der Waals surface area contributed by atoms with Gasteiger partial charge in [-0.2, -0.15) is 0 Å². The van der Waals surface area contributed by atoms with Crippen molar-refractivity contribution in [1.82, 2.24) is 10.2 Å². The summed E-state index contributed by atoms with van der Waals surface area (Å²) in [4.78, 5) is 14.0. The Balaban J connectivity index is 1.57. The van der Waals surface area contributed by atoms with Gasteiger partial charge in [-0.15, -0.1) is 0 Å². The van der Waals surface area contributed by atoms with Crippen molar-refractivity contribution in [3.8, 4) is 0 Å². The van der Waals surface area contributed by atoms with Gasteiger partial charge in [0.25, 0.3) is 0 Å². The largest absolute Gasteiger partial charge is 0.320 e. The average Bonchev–Trinajstić information content (AvgIpc) is 2.85. The molecule has 1 amide bonds. The Bertz CT molecular complexity index is 503. The van der Waals surface area contributed by atoms with Gasteiger partial charge in [0.15, 0.2) is 0 Å². The molecule has 2 aliphatic rings. The lowest BCUT2D eigenvalue weighted by Gasteiger charge is -2.24. The van der Waals surface area contributed by atoms with Crippen molar-refractivity contribution in [2.24, 2.45) is 5.92 Å². The lowest BCUT2D eigenvalue weighted by atomic mass is 9.94. The molecule has 2 heterocycles. The molecule has 3 rings (SSSR count). The van der Waals surface area contributed by atoms with Crippen molar-refractivity contribution in [2.75, 3.05) is 31.5 Å². The van der Waals surface area contributed by atoms with E-state index in [4.69, 9.17) is 0 Å². The molecule has 2 aliphatic heterocycles. The molecular weight excluding hydrogens is 276 g/mol. The molecular formula is C15H19F2N3O. The van der Waals surface area contributed by atoms with E-state index in [1.54, 1.807) is 0 Å². The Hall–Kier alpha value is -1.53. The lowest BCUT2D eigenvalue weighted by molar-refractivity contribution is -0.117. The lowest BCUT2D eigenvalue weighted by Crippen LogP contribution is -2.41. The van der Waals surface area contributed by atoms with Crippen LogP contribution < -0.4 is 10.6 Å². The predicted molar refractivity (Wildman–Crippen MR) is 75.9 cm³/mol. The molecule has 21 heavy (non-hydrogen) atoms. The monoisotopic (exact) mass is 295 g/mol. The van der Waals surface area contributed by atoms with Gasteiger partial charge in [-0.1, -0.05) is 6.07 Å². The second kappa shape index (κ2) is 6.07. The zero-order valence-corrected chi connectivity index (χ0v) is 11.7. The van der Waals surface area contributed by atoms with E-state index in [9.17, 15) is 13.6 Å². The van der Waals surface area contributed by atoms with Gasteiger partial charge < -0.3 is 10.6 Å². The minimum atomic E-state index is -0.750. The number of carbonyl (C=O) groups is 1. The van der Waals surface area contributed by atoms with E-state index in [0.717, 1.165) is 31.8 Å². The summed E-state index contributed by atoms with van der Waals surface area (Å²) in [7, 11) is 0. The quantitative estimate of drug-likeness (QED) is 0.890. The molecule has 2 atom stereocenters. The summed E-state index contributed by atoms with van der Waals surface area (Å²) in [5.74, 6) is -1.30. The molecule has 6 heteroatoms. The molecule has 114 valence electrons. The maximum atomic E-state index is 13.5. The van der Waals surface area contributed by atoms with Gasteiger partial charge in [0.1, 0.15) is 17.3 Å². The number of rotatable bonds is 3. The number of nitrogens with one attached hydrogen (secondary N) is 2. The van der Waals surface area contributed by atoms with Crippen LogP contribution in [0.4, 0.5) is 14.5 Å². The minimum Gasteiger partial charge on any atom is -0.320 e. The van der Waals surface area contributed by atoms with E-state index >= 15 is 0 Å². The number of likely N-dealkylation sites (tertiary alicyclic amines) is 1. The third-order valence-electron chi connectivity index (χ3n) is 4.27. The number of hydrogen-bond donors (Lipinski definition) is 2. The number of anilines is 1. The molecule has 2 saturated heterocycles. The van der Waals surface area contributed by atoms with Crippen molar-refractivity contribution in [1.29, 1.82) is 0 Å². The molecule has 1 aromatic carbocycles. The van der Waals surface area contributed by atoms with Crippen LogP contribution in [0.3, 0.4) is 0 Å². The van der Waals surface area contributed by atoms with Gasteiger partial charge >= 0.3 is 0 Å². The van der Waals surface area contributed by atoms with E-state index < -0.39 is 11.6 Å². The first-order valence-electron chi connectivity index (χ1n) is 7.33. The Morgan fingerprint density at radius 1 is 1.33 bits per heavy atom. The Labute approximate surface area is 122 Å². The van der Waals surface area contributed by atoms with Gasteiger partial charge in [-0.25, -0.2) is 8.78 Å². The molecule has 0 spiro atoms. The highest BCUT2D eigenvalue weighted by molar-refractivity contribution is 5.92. The van der Waals surface area contributed by atoms with Crippen LogP contribution in [-0.4, -0.2) is 43.0 Å².